The van der Waals surface area contributed by atoms with Gasteiger partial charge in [0.2, 0.25) is 0 Å². The highest BCUT2D eigenvalue weighted by atomic mass is 35.5. The minimum Gasteiger partial charge on any atom is -0.494 e. The highest BCUT2D eigenvalue weighted by Crippen LogP contribution is 2.28. The molecule has 1 aliphatic rings. The molecular formula is C22H24ClFN4O. The molecule has 0 amide bonds. The Bertz CT molecular complexity index is 978. The molecule has 7 heteroatoms. The molecule has 0 radical (unpaired) electrons. The summed E-state index contributed by atoms with van der Waals surface area (Å²) in [6, 6.07) is 10.3. The van der Waals surface area contributed by atoms with Crippen LogP contribution >= 0.6 is 11.6 Å². The number of likely N-dealkylation sites (tertiary alicyclic amines) is 1. The van der Waals surface area contributed by atoms with Crippen LogP contribution in [0.5, 0.6) is 5.75 Å². The lowest BCUT2D eigenvalue weighted by Crippen LogP contribution is -2.31. The van der Waals surface area contributed by atoms with Crippen LogP contribution in [0, 0.1) is 5.82 Å². The fourth-order valence-electron chi connectivity index (χ4n) is 3.60. The number of aromatic nitrogens is 2. The molecule has 0 atom stereocenters. The van der Waals surface area contributed by atoms with Crippen molar-refractivity contribution >= 4 is 34.0 Å². The average molecular weight is 415 g/mol. The van der Waals surface area contributed by atoms with Gasteiger partial charge in [-0.2, -0.15) is 0 Å². The molecule has 2 heterocycles. The zero-order valence-electron chi connectivity index (χ0n) is 16.2. The minimum absolute atomic E-state index is 0.0612. The Kier molecular flexibility index (Phi) is 6.42. The van der Waals surface area contributed by atoms with Crippen LogP contribution in [-0.2, 0) is 0 Å². The predicted molar refractivity (Wildman–Crippen MR) is 115 cm³/mol. The summed E-state index contributed by atoms with van der Waals surface area (Å²) < 4.78 is 19.4. The van der Waals surface area contributed by atoms with Crippen LogP contribution in [-0.4, -0.2) is 41.1 Å². The van der Waals surface area contributed by atoms with Gasteiger partial charge >= 0.3 is 0 Å². The molecule has 1 saturated heterocycles. The maximum Gasteiger partial charge on any atom is 0.141 e. The van der Waals surface area contributed by atoms with Gasteiger partial charge in [-0.1, -0.05) is 18.0 Å². The van der Waals surface area contributed by atoms with Gasteiger partial charge in [0.1, 0.15) is 23.7 Å². The first kappa shape index (κ1) is 19.9. The van der Waals surface area contributed by atoms with E-state index in [9.17, 15) is 4.39 Å². The molecule has 1 fully saturated rings. The van der Waals surface area contributed by atoms with Crippen LogP contribution in [0.1, 0.15) is 25.7 Å². The highest BCUT2D eigenvalue weighted by molar-refractivity contribution is 6.31. The van der Waals surface area contributed by atoms with Crippen LogP contribution in [0.4, 0.5) is 15.9 Å². The Labute approximate surface area is 174 Å². The first-order valence-corrected chi connectivity index (χ1v) is 10.4. The molecule has 152 valence electrons. The van der Waals surface area contributed by atoms with E-state index < -0.39 is 5.82 Å². The molecule has 0 saturated carbocycles. The predicted octanol–water partition coefficient (Wildman–Crippen LogP) is 5.42. The second-order valence-electron chi connectivity index (χ2n) is 7.26. The molecule has 0 aliphatic carbocycles. The molecule has 29 heavy (non-hydrogen) atoms. The van der Waals surface area contributed by atoms with E-state index in [1.54, 1.807) is 6.07 Å². The minimum atomic E-state index is -0.454. The van der Waals surface area contributed by atoms with Gasteiger partial charge < -0.3 is 15.0 Å². The zero-order chi connectivity index (χ0) is 20.1. The number of anilines is 2. The second-order valence-corrected chi connectivity index (χ2v) is 7.67. The van der Waals surface area contributed by atoms with Crippen LogP contribution in [0.25, 0.3) is 10.9 Å². The van der Waals surface area contributed by atoms with Crippen molar-refractivity contribution in [1.29, 1.82) is 0 Å². The summed E-state index contributed by atoms with van der Waals surface area (Å²) in [6.07, 6.45) is 6.46. The normalized spacial score (nSPS) is 14.8. The summed E-state index contributed by atoms with van der Waals surface area (Å²) in [7, 11) is 0. The largest absolute Gasteiger partial charge is 0.494 e. The molecule has 1 aromatic heterocycles. The smallest absolute Gasteiger partial charge is 0.141 e. The Morgan fingerprint density at radius 2 is 1.93 bits per heavy atom. The summed E-state index contributed by atoms with van der Waals surface area (Å²) in [5, 5.41) is 4.08. The lowest BCUT2D eigenvalue weighted by atomic mass is 10.1. The summed E-state index contributed by atoms with van der Waals surface area (Å²) in [4.78, 5) is 11.2. The number of hydrogen-bond acceptors (Lipinski definition) is 5. The van der Waals surface area contributed by atoms with Gasteiger partial charge in [0.15, 0.2) is 0 Å². The SMILES string of the molecule is Fc1ccc(Nc2ncnc3ccc(OCCCN4CCCCC4)cc23)cc1Cl. The van der Waals surface area contributed by atoms with E-state index in [0.717, 1.165) is 29.6 Å². The summed E-state index contributed by atoms with van der Waals surface area (Å²) in [5.74, 6) is 0.951. The molecule has 1 N–H and O–H groups in total. The lowest BCUT2D eigenvalue weighted by Gasteiger charge is -2.26. The Morgan fingerprint density at radius 3 is 2.76 bits per heavy atom. The van der Waals surface area contributed by atoms with Crippen molar-refractivity contribution < 1.29 is 9.13 Å². The Morgan fingerprint density at radius 1 is 1.07 bits per heavy atom. The topological polar surface area (TPSA) is 50.3 Å². The van der Waals surface area contributed by atoms with Crippen molar-refractivity contribution in [3.05, 3.63) is 53.6 Å². The van der Waals surface area contributed by atoms with E-state index in [0.29, 0.717) is 18.1 Å². The summed E-state index contributed by atoms with van der Waals surface area (Å²) in [5.41, 5.74) is 1.46. The molecule has 0 unspecified atom stereocenters. The van der Waals surface area contributed by atoms with Crippen molar-refractivity contribution in [1.82, 2.24) is 14.9 Å². The Hall–Kier alpha value is -2.44. The quantitative estimate of drug-likeness (QED) is 0.523. The van der Waals surface area contributed by atoms with Gasteiger partial charge in [-0.15, -0.1) is 0 Å². The number of fused-ring (bicyclic) bond motifs is 1. The van der Waals surface area contributed by atoms with E-state index in [2.05, 4.69) is 20.2 Å². The van der Waals surface area contributed by atoms with E-state index in [1.807, 2.05) is 18.2 Å². The van der Waals surface area contributed by atoms with E-state index in [-0.39, 0.29) is 5.02 Å². The third-order valence-corrected chi connectivity index (χ3v) is 5.41. The van der Waals surface area contributed by atoms with Crippen LogP contribution in [0.2, 0.25) is 5.02 Å². The fraction of sp³-hybridized carbons (Fsp3) is 0.364. The molecule has 5 nitrogen and oxygen atoms in total. The fourth-order valence-corrected chi connectivity index (χ4v) is 3.78. The zero-order valence-corrected chi connectivity index (χ0v) is 17.0. The first-order valence-electron chi connectivity index (χ1n) is 10.0. The number of nitrogens with one attached hydrogen (secondary N) is 1. The molecule has 0 spiro atoms. The first-order chi connectivity index (χ1) is 14.2. The Balaban J connectivity index is 1.43. The number of benzene rings is 2. The number of ether oxygens (including phenoxy) is 1. The third-order valence-electron chi connectivity index (χ3n) is 5.13. The van der Waals surface area contributed by atoms with Crippen molar-refractivity contribution in [2.24, 2.45) is 0 Å². The van der Waals surface area contributed by atoms with Gasteiger partial charge in [-0.25, -0.2) is 14.4 Å². The van der Waals surface area contributed by atoms with Gasteiger partial charge in [0.25, 0.3) is 0 Å². The van der Waals surface area contributed by atoms with Crippen LogP contribution in [0.3, 0.4) is 0 Å². The third kappa shape index (κ3) is 5.14. The number of rotatable bonds is 7. The van der Waals surface area contributed by atoms with Gasteiger partial charge in [-0.3, -0.25) is 0 Å². The molecule has 3 aromatic rings. The van der Waals surface area contributed by atoms with Crippen LogP contribution in [0.15, 0.2) is 42.7 Å². The molecule has 2 aromatic carbocycles. The summed E-state index contributed by atoms with van der Waals surface area (Å²) in [6.45, 7) is 4.16. The van der Waals surface area contributed by atoms with Crippen molar-refractivity contribution in [3.8, 4) is 5.75 Å². The van der Waals surface area contributed by atoms with Gasteiger partial charge in [-0.05, 0) is 68.8 Å². The maximum atomic E-state index is 13.4. The van der Waals surface area contributed by atoms with Crippen molar-refractivity contribution in [2.75, 3.05) is 31.6 Å². The maximum absolute atomic E-state index is 13.4. The van der Waals surface area contributed by atoms with E-state index >= 15 is 0 Å². The van der Waals surface area contributed by atoms with E-state index in [1.165, 1.54) is 50.8 Å². The second kappa shape index (κ2) is 9.37. The lowest BCUT2D eigenvalue weighted by molar-refractivity contribution is 0.205. The molecule has 1 aliphatic heterocycles. The van der Waals surface area contributed by atoms with Crippen molar-refractivity contribution in [2.45, 2.75) is 25.7 Å². The number of hydrogen-bond donors (Lipinski definition) is 1. The van der Waals surface area contributed by atoms with Gasteiger partial charge in [0, 0.05) is 17.6 Å². The van der Waals surface area contributed by atoms with Crippen LogP contribution < -0.4 is 10.1 Å². The average Bonchev–Trinajstić information content (AvgIpc) is 2.75. The van der Waals surface area contributed by atoms with E-state index in [4.69, 9.17) is 16.3 Å². The number of nitrogens with zero attached hydrogens (tertiary/aromatic N) is 3. The monoisotopic (exact) mass is 414 g/mol. The summed E-state index contributed by atoms with van der Waals surface area (Å²) >= 11 is 5.88. The van der Waals surface area contributed by atoms with Gasteiger partial charge in [0.05, 0.1) is 17.1 Å². The number of piperidine rings is 1. The number of halogens is 2. The van der Waals surface area contributed by atoms with Crippen molar-refractivity contribution in [3.63, 3.8) is 0 Å². The molecule has 0 bridgehead atoms. The molecular weight excluding hydrogens is 391 g/mol. The highest BCUT2D eigenvalue weighted by Gasteiger charge is 2.10. The standard InChI is InChI=1S/C22H24ClFN4O/c23-19-13-16(5-7-20(19)24)27-22-18-14-17(6-8-21(18)25-15-26-22)29-12-4-11-28-9-2-1-3-10-28/h5-8,13-15H,1-4,9-12H2,(H,25,26,27). The molecule has 4 rings (SSSR count).